The molecule has 4 heteroatoms. The van der Waals surface area contributed by atoms with Gasteiger partial charge in [0.05, 0.1) is 10.7 Å². The van der Waals surface area contributed by atoms with Crippen LogP contribution in [0.5, 0.6) is 0 Å². The van der Waals surface area contributed by atoms with Gasteiger partial charge in [0.25, 0.3) is 0 Å². The van der Waals surface area contributed by atoms with Crippen LogP contribution in [-0.4, -0.2) is 9.38 Å². The Morgan fingerprint density at radius 1 is 1.31 bits per heavy atom. The van der Waals surface area contributed by atoms with Crippen molar-refractivity contribution in [2.24, 2.45) is 0 Å². The molecule has 0 atom stereocenters. The molecule has 0 aliphatic carbocycles. The van der Waals surface area contributed by atoms with E-state index in [0.717, 1.165) is 21.2 Å². The summed E-state index contributed by atoms with van der Waals surface area (Å²) in [5.74, 6) is 0. The summed E-state index contributed by atoms with van der Waals surface area (Å²) in [6.45, 7) is 2.07. The second-order valence-electron chi connectivity index (χ2n) is 3.64. The number of thiazole rings is 1. The van der Waals surface area contributed by atoms with E-state index in [1.807, 2.05) is 30.5 Å². The summed E-state index contributed by atoms with van der Waals surface area (Å²) in [6, 6.07) is 7.78. The zero-order valence-corrected chi connectivity index (χ0v) is 10.2. The zero-order chi connectivity index (χ0) is 11.1. The molecule has 16 heavy (non-hydrogen) atoms. The molecular weight excluding hydrogens is 240 g/mol. The molecule has 0 N–H and O–H groups in total. The Bertz CT molecular complexity index is 654. The molecule has 0 amide bonds. The lowest BCUT2D eigenvalue weighted by Gasteiger charge is -1.98. The molecule has 0 saturated carbocycles. The van der Waals surface area contributed by atoms with Crippen molar-refractivity contribution in [2.45, 2.75) is 6.92 Å². The number of nitrogens with zero attached hydrogens (tertiary/aromatic N) is 2. The quantitative estimate of drug-likeness (QED) is 0.636. The summed E-state index contributed by atoms with van der Waals surface area (Å²) in [4.78, 5) is 5.57. The normalized spacial score (nSPS) is 11.1. The summed E-state index contributed by atoms with van der Waals surface area (Å²) < 4.78 is 2.09. The monoisotopic (exact) mass is 248 g/mol. The highest BCUT2D eigenvalue weighted by Crippen LogP contribution is 2.28. The highest BCUT2D eigenvalue weighted by molar-refractivity contribution is 7.15. The second-order valence-corrected chi connectivity index (χ2v) is 4.88. The molecule has 1 aromatic carbocycles. The molecule has 2 heterocycles. The lowest BCUT2D eigenvalue weighted by molar-refractivity contribution is 1.13. The van der Waals surface area contributed by atoms with E-state index in [-0.39, 0.29) is 0 Å². The average Bonchev–Trinajstić information content (AvgIpc) is 2.82. The van der Waals surface area contributed by atoms with Crippen molar-refractivity contribution >= 4 is 27.9 Å². The van der Waals surface area contributed by atoms with Gasteiger partial charge in [0, 0.05) is 22.8 Å². The highest BCUT2D eigenvalue weighted by Gasteiger charge is 2.09. The zero-order valence-electron chi connectivity index (χ0n) is 8.64. The molecule has 3 aromatic rings. The van der Waals surface area contributed by atoms with Gasteiger partial charge in [-0.1, -0.05) is 29.8 Å². The molecule has 0 spiro atoms. The summed E-state index contributed by atoms with van der Waals surface area (Å²) in [6.07, 6.45) is 2.03. The molecule has 0 radical (unpaired) electrons. The first kappa shape index (κ1) is 9.87. The van der Waals surface area contributed by atoms with Gasteiger partial charge in [0.1, 0.15) is 0 Å². The third-order valence-corrected chi connectivity index (χ3v) is 3.83. The van der Waals surface area contributed by atoms with Gasteiger partial charge in [-0.3, -0.25) is 4.40 Å². The van der Waals surface area contributed by atoms with Crippen molar-refractivity contribution in [2.75, 3.05) is 0 Å². The predicted octanol–water partition coefficient (Wildman–Crippen LogP) is 4.02. The first-order chi connectivity index (χ1) is 7.75. The molecule has 80 valence electrons. The number of fused-ring (bicyclic) bond motifs is 1. The number of benzene rings is 1. The van der Waals surface area contributed by atoms with Crippen LogP contribution < -0.4 is 0 Å². The van der Waals surface area contributed by atoms with E-state index in [2.05, 4.69) is 21.7 Å². The Labute approximate surface area is 102 Å². The minimum Gasteiger partial charge on any atom is -0.294 e. The number of aryl methyl sites for hydroxylation is 1. The number of rotatable bonds is 1. The summed E-state index contributed by atoms with van der Waals surface area (Å²) in [5, 5.41) is 2.84. The first-order valence-electron chi connectivity index (χ1n) is 4.94. The topological polar surface area (TPSA) is 17.3 Å². The van der Waals surface area contributed by atoms with Crippen molar-refractivity contribution in [3.05, 3.63) is 46.6 Å². The van der Waals surface area contributed by atoms with E-state index < -0.39 is 0 Å². The van der Waals surface area contributed by atoms with Crippen molar-refractivity contribution in [1.29, 1.82) is 0 Å². The minimum absolute atomic E-state index is 0.742. The molecule has 2 aromatic heterocycles. The molecule has 3 rings (SSSR count). The van der Waals surface area contributed by atoms with E-state index in [0.29, 0.717) is 0 Å². The van der Waals surface area contributed by atoms with Crippen LogP contribution in [-0.2, 0) is 0 Å². The fraction of sp³-hybridized carbons (Fsp3) is 0.0833. The number of halogens is 1. The van der Waals surface area contributed by atoms with Crippen LogP contribution in [0.2, 0.25) is 5.02 Å². The van der Waals surface area contributed by atoms with Crippen molar-refractivity contribution < 1.29 is 0 Å². The van der Waals surface area contributed by atoms with E-state index in [1.54, 1.807) is 11.3 Å². The molecule has 0 aliphatic rings. The maximum Gasteiger partial charge on any atom is 0.194 e. The van der Waals surface area contributed by atoms with Gasteiger partial charge >= 0.3 is 0 Å². The Kier molecular flexibility index (Phi) is 2.23. The maximum atomic E-state index is 6.15. The van der Waals surface area contributed by atoms with Gasteiger partial charge < -0.3 is 0 Å². The van der Waals surface area contributed by atoms with Gasteiger partial charge in [-0.05, 0) is 13.0 Å². The standard InChI is InChI=1S/C12H9ClN2S/c1-8-7-16-12-14-11(6-15(8)12)9-4-2-3-5-10(9)13/h2-7H,1H3. The molecular formula is C12H9ClN2S. The van der Waals surface area contributed by atoms with Crippen molar-refractivity contribution in [3.8, 4) is 11.3 Å². The molecule has 0 aliphatic heterocycles. The Hall–Kier alpha value is -1.32. The number of hydrogen-bond donors (Lipinski definition) is 0. The maximum absolute atomic E-state index is 6.15. The van der Waals surface area contributed by atoms with Crippen LogP contribution in [0.15, 0.2) is 35.8 Å². The van der Waals surface area contributed by atoms with Gasteiger partial charge in [-0.2, -0.15) is 0 Å². The summed E-state index contributed by atoms with van der Waals surface area (Å²) >= 11 is 7.79. The Morgan fingerprint density at radius 3 is 2.88 bits per heavy atom. The van der Waals surface area contributed by atoms with Crippen molar-refractivity contribution in [3.63, 3.8) is 0 Å². The van der Waals surface area contributed by atoms with Gasteiger partial charge in [0.2, 0.25) is 0 Å². The fourth-order valence-electron chi connectivity index (χ4n) is 1.69. The van der Waals surface area contributed by atoms with Gasteiger partial charge in [-0.25, -0.2) is 4.98 Å². The van der Waals surface area contributed by atoms with Crippen LogP contribution >= 0.6 is 22.9 Å². The van der Waals surface area contributed by atoms with E-state index in [9.17, 15) is 0 Å². The molecule has 2 nitrogen and oxygen atoms in total. The number of aromatic nitrogens is 2. The minimum atomic E-state index is 0.742. The number of hydrogen-bond acceptors (Lipinski definition) is 2. The lowest BCUT2D eigenvalue weighted by atomic mass is 10.2. The fourth-order valence-corrected chi connectivity index (χ4v) is 2.78. The molecule has 0 fully saturated rings. The van der Waals surface area contributed by atoms with Gasteiger partial charge in [0.15, 0.2) is 4.96 Å². The van der Waals surface area contributed by atoms with Crippen LogP contribution in [0.3, 0.4) is 0 Å². The summed E-state index contributed by atoms with van der Waals surface area (Å²) in [5.41, 5.74) is 3.12. The van der Waals surface area contributed by atoms with E-state index in [1.165, 1.54) is 5.69 Å². The van der Waals surface area contributed by atoms with Crippen LogP contribution in [0.4, 0.5) is 0 Å². The predicted molar refractivity (Wildman–Crippen MR) is 68.3 cm³/mol. The molecule has 0 bridgehead atoms. The third-order valence-electron chi connectivity index (χ3n) is 2.54. The Morgan fingerprint density at radius 2 is 2.12 bits per heavy atom. The molecule has 0 saturated heterocycles. The third kappa shape index (κ3) is 1.44. The number of imidazole rings is 1. The van der Waals surface area contributed by atoms with Gasteiger partial charge in [-0.15, -0.1) is 11.3 Å². The van der Waals surface area contributed by atoms with E-state index in [4.69, 9.17) is 11.6 Å². The van der Waals surface area contributed by atoms with Crippen molar-refractivity contribution in [1.82, 2.24) is 9.38 Å². The smallest absolute Gasteiger partial charge is 0.194 e. The van der Waals surface area contributed by atoms with Crippen LogP contribution in [0, 0.1) is 6.92 Å². The second kappa shape index (κ2) is 3.61. The summed E-state index contributed by atoms with van der Waals surface area (Å²) in [7, 11) is 0. The Balaban J connectivity index is 2.23. The largest absolute Gasteiger partial charge is 0.294 e. The molecule has 0 unspecified atom stereocenters. The highest BCUT2D eigenvalue weighted by atomic mass is 35.5. The average molecular weight is 249 g/mol. The van der Waals surface area contributed by atoms with Crippen LogP contribution in [0.1, 0.15) is 5.69 Å². The van der Waals surface area contributed by atoms with Crippen LogP contribution in [0.25, 0.3) is 16.2 Å². The van der Waals surface area contributed by atoms with E-state index >= 15 is 0 Å². The SMILES string of the molecule is Cc1csc2nc(-c3ccccc3Cl)cn12. The lowest BCUT2D eigenvalue weighted by Crippen LogP contribution is -1.79. The first-order valence-corrected chi connectivity index (χ1v) is 6.19.